The van der Waals surface area contributed by atoms with Gasteiger partial charge in [-0.3, -0.25) is 0 Å². The molecule has 3 aromatic carbocycles. The van der Waals surface area contributed by atoms with Crippen LogP contribution in [0.5, 0.6) is 0 Å². The molecule has 0 saturated heterocycles. The minimum Gasteiger partial charge on any atom is -0.0840 e. The molecule has 0 nitrogen and oxygen atoms in total. The van der Waals surface area contributed by atoms with E-state index in [9.17, 15) is 0 Å². The van der Waals surface area contributed by atoms with E-state index in [-0.39, 0.29) is 0 Å². The van der Waals surface area contributed by atoms with Crippen LogP contribution in [0.1, 0.15) is 35.1 Å². The van der Waals surface area contributed by atoms with Crippen molar-refractivity contribution in [1.29, 1.82) is 0 Å². The zero-order valence-corrected chi connectivity index (χ0v) is 15.4. The molecule has 0 N–H and O–H groups in total. The van der Waals surface area contributed by atoms with Crippen LogP contribution in [0.4, 0.5) is 0 Å². The van der Waals surface area contributed by atoms with Crippen molar-refractivity contribution >= 4 is 11.6 Å². The first-order valence-corrected chi connectivity index (χ1v) is 9.55. The molecule has 0 fully saturated rings. The molecule has 25 heavy (non-hydrogen) atoms. The molecule has 0 aromatic heterocycles. The number of hydrogen-bond acceptors (Lipinski definition) is 0. The first-order valence-electron chi connectivity index (χ1n) is 9.17. The lowest BCUT2D eigenvalue weighted by atomic mass is 9.95. The van der Waals surface area contributed by atoms with Crippen LogP contribution in [-0.2, 0) is 25.7 Å². The Hall–Kier alpha value is -2.05. The smallest absolute Gasteiger partial charge is 0.0440 e. The highest BCUT2D eigenvalue weighted by Gasteiger charge is 2.07. The Balaban J connectivity index is 1.57. The molecule has 0 atom stereocenters. The second kappa shape index (κ2) is 9.44. The summed E-state index contributed by atoms with van der Waals surface area (Å²) < 4.78 is 0. The molecule has 0 amide bonds. The third kappa shape index (κ3) is 5.47. The lowest BCUT2D eigenvalue weighted by molar-refractivity contribution is 0.780. The van der Waals surface area contributed by atoms with Crippen LogP contribution in [0.15, 0.2) is 78.9 Å². The summed E-state index contributed by atoms with van der Waals surface area (Å²) in [6.45, 7) is 0. The Labute approximate surface area is 156 Å². The Kier molecular flexibility index (Phi) is 6.71. The van der Waals surface area contributed by atoms with Gasteiger partial charge < -0.3 is 0 Å². The minimum absolute atomic E-state index is 0.922. The third-order valence-corrected chi connectivity index (χ3v) is 5.06. The number of hydrogen-bond donors (Lipinski definition) is 0. The van der Waals surface area contributed by atoms with Crippen molar-refractivity contribution in [3.05, 3.63) is 106 Å². The molecule has 0 unspecified atom stereocenters. The van der Waals surface area contributed by atoms with E-state index < -0.39 is 0 Å². The maximum Gasteiger partial charge on any atom is 0.0440 e. The Bertz CT molecular complexity index is 763. The van der Waals surface area contributed by atoms with Crippen molar-refractivity contribution in [1.82, 2.24) is 0 Å². The maximum atomic E-state index is 6.51. The molecule has 0 aliphatic rings. The largest absolute Gasteiger partial charge is 0.0840 e. The van der Waals surface area contributed by atoms with Crippen LogP contribution >= 0.6 is 11.6 Å². The lowest BCUT2D eigenvalue weighted by Gasteiger charge is -2.12. The van der Waals surface area contributed by atoms with Gasteiger partial charge in [0.15, 0.2) is 0 Å². The van der Waals surface area contributed by atoms with E-state index in [1.165, 1.54) is 22.3 Å². The highest BCUT2D eigenvalue weighted by Crippen LogP contribution is 2.24. The van der Waals surface area contributed by atoms with E-state index in [0.717, 1.165) is 43.5 Å². The zero-order valence-electron chi connectivity index (χ0n) is 14.6. The molecule has 0 saturated carbocycles. The van der Waals surface area contributed by atoms with Crippen LogP contribution in [-0.4, -0.2) is 0 Å². The molecule has 0 spiro atoms. The van der Waals surface area contributed by atoms with Crippen molar-refractivity contribution in [2.75, 3.05) is 0 Å². The Morgan fingerprint density at radius 1 is 0.520 bits per heavy atom. The summed E-state index contributed by atoms with van der Waals surface area (Å²) in [6.07, 6.45) is 6.67. The molecule has 0 radical (unpaired) electrons. The standard InChI is InChI=1S/C24H25Cl/c25-24-19-9-17-22(16-7-14-20-10-3-1-4-11-20)23(24)18-8-15-21-12-5-2-6-13-21/h1-6,9-13,17,19H,7-8,14-16,18H2. The fraction of sp³-hybridized carbons (Fsp3) is 0.250. The normalized spacial score (nSPS) is 10.8. The average Bonchev–Trinajstić information content (AvgIpc) is 2.65. The Morgan fingerprint density at radius 3 is 1.68 bits per heavy atom. The molecule has 3 aromatic rings. The van der Waals surface area contributed by atoms with Gasteiger partial charge in [-0.15, -0.1) is 0 Å². The zero-order chi connectivity index (χ0) is 17.3. The van der Waals surface area contributed by atoms with Crippen molar-refractivity contribution in [2.45, 2.75) is 38.5 Å². The van der Waals surface area contributed by atoms with E-state index in [4.69, 9.17) is 11.6 Å². The molecule has 1 heteroatoms. The molecule has 0 aliphatic heterocycles. The van der Waals surface area contributed by atoms with E-state index in [1.54, 1.807) is 0 Å². The number of halogens is 1. The minimum atomic E-state index is 0.922. The van der Waals surface area contributed by atoms with E-state index in [0.29, 0.717) is 0 Å². The predicted octanol–water partition coefficient (Wildman–Crippen LogP) is 6.69. The van der Waals surface area contributed by atoms with Crippen molar-refractivity contribution in [3.8, 4) is 0 Å². The third-order valence-electron chi connectivity index (χ3n) is 4.71. The summed E-state index contributed by atoms with van der Waals surface area (Å²) in [5.41, 5.74) is 5.57. The first-order chi connectivity index (χ1) is 12.3. The topological polar surface area (TPSA) is 0 Å². The SMILES string of the molecule is Clc1cccc(CCCc2ccccc2)c1CCCc1ccccc1. The monoisotopic (exact) mass is 348 g/mol. The summed E-state index contributed by atoms with van der Waals surface area (Å²) in [4.78, 5) is 0. The maximum absolute atomic E-state index is 6.51. The summed E-state index contributed by atoms with van der Waals surface area (Å²) in [6, 6.07) is 27.8. The number of benzene rings is 3. The summed E-state index contributed by atoms with van der Waals surface area (Å²) in [7, 11) is 0. The van der Waals surface area contributed by atoms with Crippen LogP contribution in [0.3, 0.4) is 0 Å². The van der Waals surface area contributed by atoms with Crippen molar-refractivity contribution in [2.24, 2.45) is 0 Å². The predicted molar refractivity (Wildman–Crippen MR) is 108 cm³/mol. The second-order valence-corrected chi connectivity index (χ2v) is 6.96. The quantitative estimate of drug-likeness (QED) is 0.425. The molecule has 0 heterocycles. The molecule has 0 aliphatic carbocycles. The summed E-state index contributed by atoms with van der Waals surface area (Å²) in [5, 5.41) is 0.922. The van der Waals surface area contributed by atoms with E-state index >= 15 is 0 Å². The fourth-order valence-electron chi connectivity index (χ4n) is 3.36. The van der Waals surface area contributed by atoms with Crippen LogP contribution in [0.2, 0.25) is 5.02 Å². The van der Waals surface area contributed by atoms with Crippen LogP contribution in [0.25, 0.3) is 0 Å². The van der Waals surface area contributed by atoms with Crippen molar-refractivity contribution in [3.63, 3.8) is 0 Å². The molecular formula is C24H25Cl. The highest BCUT2D eigenvalue weighted by molar-refractivity contribution is 6.31. The molecule has 0 bridgehead atoms. The average molecular weight is 349 g/mol. The van der Waals surface area contributed by atoms with Gasteiger partial charge in [-0.1, -0.05) is 84.4 Å². The highest BCUT2D eigenvalue weighted by atomic mass is 35.5. The number of aryl methyl sites for hydroxylation is 3. The van der Waals surface area contributed by atoms with Gasteiger partial charge in [0.25, 0.3) is 0 Å². The molecule has 3 rings (SSSR count). The second-order valence-electron chi connectivity index (χ2n) is 6.56. The van der Waals surface area contributed by atoms with E-state index in [1.807, 2.05) is 6.07 Å². The van der Waals surface area contributed by atoms with Gasteiger partial charge >= 0.3 is 0 Å². The lowest BCUT2D eigenvalue weighted by Crippen LogP contribution is -1.99. The number of rotatable bonds is 8. The first kappa shape index (κ1) is 17.8. The van der Waals surface area contributed by atoms with Gasteiger partial charge in [0, 0.05) is 5.02 Å². The van der Waals surface area contributed by atoms with Crippen LogP contribution in [0, 0.1) is 0 Å². The van der Waals surface area contributed by atoms with Gasteiger partial charge in [-0.2, -0.15) is 0 Å². The van der Waals surface area contributed by atoms with Gasteiger partial charge in [0.2, 0.25) is 0 Å². The Morgan fingerprint density at radius 2 is 1.08 bits per heavy atom. The summed E-state index contributed by atoms with van der Waals surface area (Å²) in [5.74, 6) is 0. The fourth-order valence-corrected chi connectivity index (χ4v) is 3.65. The van der Waals surface area contributed by atoms with Gasteiger partial charge in [-0.05, 0) is 66.8 Å². The molecular weight excluding hydrogens is 324 g/mol. The van der Waals surface area contributed by atoms with E-state index in [2.05, 4.69) is 72.8 Å². The van der Waals surface area contributed by atoms with Gasteiger partial charge in [-0.25, -0.2) is 0 Å². The molecule has 128 valence electrons. The summed E-state index contributed by atoms with van der Waals surface area (Å²) >= 11 is 6.51. The van der Waals surface area contributed by atoms with Crippen molar-refractivity contribution < 1.29 is 0 Å². The van der Waals surface area contributed by atoms with Gasteiger partial charge in [0.05, 0.1) is 0 Å². The van der Waals surface area contributed by atoms with Gasteiger partial charge in [0.1, 0.15) is 0 Å². The van der Waals surface area contributed by atoms with Crippen LogP contribution < -0.4 is 0 Å².